The minimum atomic E-state index is -0.401. The Morgan fingerprint density at radius 3 is 2.58 bits per heavy atom. The molecule has 1 fully saturated rings. The van der Waals surface area contributed by atoms with Gasteiger partial charge in [0, 0.05) is 29.7 Å². The SMILES string of the molecule is COC(=O)c1cccc2cn(-c3ccc(C45C=CN(C(=O)OCc6ccccc6)CC4C5)cc3)nc12. The summed E-state index contributed by atoms with van der Waals surface area (Å²) in [6.07, 6.45) is 6.58. The summed E-state index contributed by atoms with van der Waals surface area (Å²) < 4.78 is 12.2. The summed E-state index contributed by atoms with van der Waals surface area (Å²) >= 11 is 0. The van der Waals surface area contributed by atoms with Gasteiger partial charge in [-0.15, -0.1) is 0 Å². The summed E-state index contributed by atoms with van der Waals surface area (Å²) in [6.45, 7) is 0.914. The number of esters is 1. The fraction of sp³-hybridized carbons (Fsp3) is 0.207. The number of rotatable bonds is 5. The highest BCUT2D eigenvalue weighted by atomic mass is 16.6. The van der Waals surface area contributed by atoms with E-state index in [2.05, 4.69) is 23.3 Å². The smallest absolute Gasteiger partial charge is 0.414 e. The van der Waals surface area contributed by atoms with Gasteiger partial charge in [-0.1, -0.05) is 60.7 Å². The molecule has 7 heteroatoms. The first-order valence-electron chi connectivity index (χ1n) is 11.9. The molecule has 0 spiro atoms. The number of hydrogen-bond acceptors (Lipinski definition) is 5. The number of methoxy groups -OCH3 is 1. The van der Waals surface area contributed by atoms with E-state index in [-0.39, 0.29) is 18.1 Å². The van der Waals surface area contributed by atoms with Crippen LogP contribution >= 0.6 is 0 Å². The maximum Gasteiger partial charge on any atom is 0.414 e. The Morgan fingerprint density at radius 2 is 1.83 bits per heavy atom. The number of ether oxygens (including phenoxy) is 2. The maximum atomic E-state index is 12.6. The second kappa shape index (κ2) is 8.68. The first-order chi connectivity index (χ1) is 17.6. The molecule has 2 heterocycles. The fourth-order valence-electron chi connectivity index (χ4n) is 5.07. The molecule has 2 unspecified atom stereocenters. The van der Waals surface area contributed by atoms with E-state index in [1.165, 1.54) is 12.7 Å². The minimum Gasteiger partial charge on any atom is -0.465 e. The minimum absolute atomic E-state index is 0.0401. The van der Waals surface area contributed by atoms with E-state index in [1.54, 1.807) is 15.6 Å². The lowest BCUT2D eigenvalue weighted by Crippen LogP contribution is -2.33. The molecular weight excluding hydrogens is 454 g/mol. The Morgan fingerprint density at radius 1 is 1.03 bits per heavy atom. The average molecular weight is 480 g/mol. The molecule has 1 aliphatic carbocycles. The molecule has 1 aromatic heterocycles. The molecule has 0 bridgehead atoms. The third-order valence-electron chi connectivity index (χ3n) is 7.17. The van der Waals surface area contributed by atoms with Crippen molar-refractivity contribution in [3.8, 4) is 5.69 Å². The summed E-state index contributed by atoms with van der Waals surface area (Å²) in [7, 11) is 1.37. The van der Waals surface area contributed by atoms with Gasteiger partial charge in [-0.3, -0.25) is 4.90 Å². The topological polar surface area (TPSA) is 73.7 Å². The lowest BCUT2D eigenvalue weighted by molar-refractivity contribution is 0.0602. The van der Waals surface area contributed by atoms with Gasteiger partial charge >= 0.3 is 12.1 Å². The van der Waals surface area contributed by atoms with Crippen LogP contribution in [-0.4, -0.2) is 40.4 Å². The van der Waals surface area contributed by atoms with Crippen LogP contribution in [0.3, 0.4) is 0 Å². The summed E-state index contributed by atoms with van der Waals surface area (Å²) in [6, 6.07) is 23.5. The van der Waals surface area contributed by atoms with Crippen LogP contribution in [0.1, 0.15) is 27.9 Å². The van der Waals surface area contributed by atoms with Gasteiger partial charge < -0.3 is 9.47 Å². The third kappa shape index (κ3) is 3.82. The van der Waals surface area contributed by atoms with Crippen molar-refractivity contribution in [2.75, 3.05) is 13.7 Å². The van der Waals surface area contributed by atoms with E-state index in [1.807, 2.05) is 67.0 Å². The molecule has 180 valence electrons. The predicted molar refractivity (Wildman–Crippen MR) is 135 cm³/mol. The summed E-state index contributed by atoms with van der Waals surface area (Å²) in [5.41, 5.74) is 4.12. The molecule has 1 amide bonds. The van der Waals surface area contributed by atoms with Crippen molar-refractivity contribution in [1.82, 2.24) is 14.7 Å². The summed E-state index contributed by atoms with van der Waals surface area (Å²) in [5, 5.41) is 5.51. The number of carbonyl (C=O) groups excluding carboxylic acids is 2. The molecule has 1 saturated carbocycles. The Bertz CT molecular complexity index is 1480. The molecule has 0 N–H and O–H groups in total. The van der Waals surface area contributed by atoms with E-state index < -0.39 is 5.97 Å². The van der Waals surface area contributed by atoms with Gasteiger partial charge in [0.25, 0.3) is 0 Å². The second-order valence-corrected chi connectivity index (χ2v) is 9.31. The van der Waals surface area contributed by atoms with Crippen LogP contribution in [0.25, 0.3) is 16.6 Å². The van der Waals surface area contributed by atoms with Crippen LogP contribution in [0.5, 0.6) is 0 Å². The zero-order valence-electron chi connectivity index (χ0n) is 19.8. The average Bonchev–Trinajstić information content (AvgIpc) is 3.52. The zero-order valence-corrected chi connectivity index (χ0v) is 19.8. The zero-order chi connectivity index (χ0) is 24.7. The molecular formula is C29H25N3O4. The predicted octanol–water partition coefficient (Wildman–Crippen LogP) is 5.24. The number of fused-ring (bicyclic) bond motifs is 2. The molecule has 0 radical (unpaired) electrons. The largest absolute Gasteiger partial charge is 0.465 e. The van der Waals surface area contributed by atoms with Crippen LogP contribution in [0.4, 0.5) is 4.79 Å². The van der Waals surface area contributed by atoms with Crippen molar-refractivity contribution in [2.45, 2.75) is 18.4 Å². The standard InChI is InChI=1S/C29H25N3O4/c1-35-27(33)25-9-5-8-21-17-32(30-26(21)25)24-12-10-22(11-13-24)29-14-15-31(18-23(29)16-29)28(34)36-19-20-6-3-2-4-7-20/h2-15,17,23H,16,18-19H2,1H3. The molecule has 7 nitrogen and oxygen atoms in total. The van der Waals surface area contributed by atoms with Crippen molar-refractivity contribution in [3.63, 3.8) is 0 Å². The van der Waals surface area contributed by atoms with Gasteiger partial charge in [-0.25, -0.2) is 14.3 Å². The molecule has 2 aliphatic rings. The first kappa shape index (κ1) is 22.1. The van der Waals surface area contributed by atoms with Crippen molar-refractivity contribution in [2.24, 2.45) is 5.92 Å². The van der Waals surface area contributed by atoms with E-state index >= 15 is 0 Å². The van der Waals surface area contributed by atoms with E-state index in [0.717, 1.165) is 23.1 Å². The number of allylic oxidation sites excluding steroid dienone is 1. The first-order valence-corrected chi connectivity index (χ1v) is 11.9. The van der Waals surface area contributed by atoms with Crippen molar-refractivity contribution < 1.29 is 19.1 Å². The molecule has 3 aromatic carbocycles. The van der Waals surface area contributed by atoms with E-state index in [9.17, 15) is 9.59 Å². The van der Waals surface area contributed by atoms with Gasteiger partial charge in [0.1, 0.15) is 12.1 Å². The monoisotopic (exact) mass is 479 g/mol. The third-order valence-corrected chi connectivity index (χ3v) is 7.17. The van der Waals surface area contributed by atoms with Crippen LogP contribution in [0.2, 0.25) is 0 Å². The highest BCUT2D eigenvalue weighted by Crippen LogP contribution is 2.57. The number of carbonyl (C=O) groups is 2. The van der Waals surface area contributed by atoms with Crippen LogP contribution in [0, 0.1) is 5.92 Å². The summed E-state index contributed by atoms with van der Waals surface area (Å²) in [5.74, 6) is -0.0327. The number of benzene rings is 3. The Labute approximate surface area is 208 Å². The quantitative estimate of drug-likeness (QED) is 0.366. The molecule has 0 saturated heterocycles. The molecule has 2 atom stereocenters. The Kier molecular flexibility index (Phi) is 5.33. The van der Waals surface area contributed by atoms with Crippen LogP contribution < -0.4 is 0 Å². The number of aromatic nitrogens is 2. The normalized spacial score (nSPS) is 20.1. The molecule has 4 aromatic rings. The second-order valence-electron chi connectivity index (χ2n) is 9.31. The van der Waals surface area contributed by atoms with Crippen molar-refractivity contribution in [3.05, 3.63) is 108 Å². The Hall–Kier alpha value is -4.39. The van der Waals surface area contributed by atoms with Crippen molar-refractivity contribution in [1.29, 1.82) is 0 Å². The van der Waals surface area contributed by atoms with E-state index in [4.69, 9.17) is 9.47 Å². The highest BCUT2D eigenvalue weighted by molar-refractivity contribution is 6.02. The lowest BCUT2D eigenvalue weighted by atomic mass is 9.91. The van der Waals surface area contributed by atoms with Gasteiger partial charge in [0.2, 0.25) is 0 Å². The van der Waals surface area contributed by atoms with Gasteiger partial charge in [0.15, 0.2) is 0 Å². The molecule has 36 heavy (non-hydrogen) atoms. The van der Waals surface area contributed by atoms with Crippen LogP contribution in [0.15, 0.2) is 91.3 Å². The maximum absolute atomic E-state index is 12.6. The Balaban J connectivity index is 1.16. The highest BCUT2D eigenvalue weighted by Gasteiger charge is 2.56. The van der Waals surface area contributed by atoms with Gasteiger partial charge in [0.05, 0.1) is 18.4 Å². The van der Waals surface area contributed by atoms with Gasteiger partial charge in [-0.05, 0) is 41.7 Å². The lowest BCUT2D eigenvalue weighted by Gasteiger charge is -2.25. The van der Waals surface area contributed by atoms with Crippen molar-refractivity contribution >= 4 is 23.0 Å². The summed E-state index contributed by atoms with van der Waals surface area (Å²) in [4.78, 5) is 26.3. The molecule has 1 aliphatic heterocycles. The molecule has 6 rings (SSSR count). The van der Waals surface area contributed by atoms with Gasteiger partial charge in [-0.2, -0.15) is 5.10 Å². The number of hydrogen-bond donors (Lipinski definition) is 0. The van der Waals surface area contributed by atoms with E-state index in [0.29, 0.717) is 23.5 Å². The van der Waals surface area contributed by atoms with Crippen LogP contribution in [-0.2, 0) is 21.5 Å². The fourth-order valence-corrected chi connectivity index (χ4v) is 5.07. The number of nitrogens with zero attached hydrogens (tertiary/aromatic N) is 3. The number of amides is 1.